The molecule has 6 rings (SSSR count). The molecular weight excluding hydrogens is 460 g/mol. The van der Waals surface area contributed by atoms with E-state index in [2.05, 4.69) is 5.32 Å². The molecule has 7 heteroatoms. The first-order chi connectivity index (χ1) is 17.3. The molecule has 3 aromatic rings. The summed E-state index contributed by atoms with van der Waals surface area (Å²) in [6, 6.07) is 17.2. The third kappa shape index (κ3) is 3.15. The lowest BCUT2D eigenvalue weighted by molar-refractivity contribution is -0.129. The summed E-state index contributed by atoms with van der Waals surface area (Å²) in [5, 5.41) is 4.15. The zero-order valence-electron chi connectivity index (χ0n) is 20.4. The molecule has 0 saturated carbocycles. The number of likely N-dealkylation sites (tertiary alicyclic amines) is 1. The monoisotopic (exact) mass is 489 g/mol. The highest BCUT2D eigenvalue weighted by Crippen LogP contribution is 2.55. The average Bonchev–Trinajstić information content (AvgIpc) is 3.25. The van der Waals surface area contributed by atoms with Crippen LogP contribution in [0.1, 0.15) is 48.9 Å². The number of para-hydroxylation sites is 1. The van der Waals surface area contributed by atoms with Crippen molar-refractivity contribution < 1.29 is 18.4 Å². The van der Waals surface area contributed by atoms with Crippen molar-refractivity contribution in [2.45, 2.75) is 49.6 Å². The van der Waals surface area contributed by atoms with E-state index in [1.165, 1.54) is 0 Å². The molecule has 36 heavy (non-hydrogen) atoms. The van der Waals surface area contributed by atoms with Crippen molar-refractivity contribution in [3.8, 4) is 0 Å². The molecule has 1 aliphatic carbocycles. The van der Waals surface area contributed by atoms with Crippen molar-refractivity contribution in [1.29, 1.82) is 0 Å². The Balaban J connectivity index is 1.27. The minimum absolute atomic E-state index is 0.0747. The first kappa shape index (κ1) is 23.1. The van der Waals surface area contributed by atoms with Gasteiger partial charge < -0.3 is 10.2 Å². The van der Waals surface area contributed by atoms with Crippen LogP contribution < -0.4 is 10.2 Å². The molecular formula is C29H29F2N3O2. The zero-order valence-corrected chi connectivity index (χ0v) is 20.4. The predicted octanol–water partition coefficient (Wildman–Crippen LogP) is 4.89. The van der Waals surface area contributed by atoms with Gasteiger partial charge in [0.25, 0.3) is 5.92 Å². The largest absolute Gasteiger partial charge is 0.359 e. The summed E-state index contributed by atoms with van der Waals surface area (Å²) >= 11 is 0. The van der Waals surface area contributed by atoms with Crippen molar-refractivity contribution in [3.05, 3.63) is 77.4 Å². The van der Waals surface area contributed by atoms with Crippen LogP contribution >= 0.6 is 0 Å². The van der Waals surface area contributed by atoms with Crippen molar-refractivity contribution >= 4 is 28.3 Å². The van der Waals surface area contributed by atoms with Crippen LogP contribution in [0, 0.1) is 0 Å². The molecule has 0 spiro atoms. The number of alkyl halides is 2. The smallest absolute Gasteiger partial charge is 0.293 e. The number of nitrogens with one attached hydrogen (secondary N) is 1. The summed E-state index contributed by atoms with van der Waals surface area (Å²) in [7, 11) is 1.57. The van der Waals surface area contributed by atoms with Crippen LogP contribution in [0.25, 0.3) is 10.8 Å². The molecule has 5 nitrogen and oxygen atoms in total. The maximum absolute atomic E-state index is 15.7. The number of carbonyl (C=O) groups is 2. The third-order valence-corrected chi connectivity index (χ3v) is 8.41. The fourth-order valence-corrected chi connectivity index (χ4v) is 6.63. The van der Waals surface area contributed by atoms with Crippen LogP contribution in [0.2, 0.25) is 0 Å². The van der Waals surface area contributed by atoms with Gasteiger partial charge in [-0.2, -0.15) is 8.78 Å². The Hall–Kier alpha value is -3.32. The molecule has 186 valence electrons. The molecule has 1 fully saturated rings. The zero-order chi connectivity index (χ0) is 25.2. The van der Waals surface area contributed by atoms with Crippen LogP contribution in [-0.4, -0.2) is 42.9 Å². The van der Waals surface area contributed by atoms with Gasteiger partial charge in [0.05, 0.1) is 5.41 Å². The second-order valence-electron chi connectivity index (χ2n) is 10.4. The number of halogens is 2. The first-order valence-corrected chi connectivity index (χ1v) is 12.5. The number of anilines is 1. The maximum atomic E-state index is 15.7. The van der Waals surface area contributed by atoms with Crippen LogP contribution in [0.3, 0.4) is 0 Å². The van der Waals surface area contributed by atoms with Gasteiger partial charge in [-0.05, 0) is 47.7 Å². The molecule has 2 aliphatic heterocycles. The average molecular weight is 490 g/mol. The number of hydrogen-bond donors (Lipinski definition) is 1. The van der Waals surface area contributed by atoms with Crippen molar-refractivity contribution in [1.82, 2.24) is 10.2 Å². The summed E-state index contributed by atoms with van der Waals surface area (Å²) in [6.45, 7) is 2.76. The fraction of sp³-hybridized carbons (Fsp3) is 0.379. The molecule has 2 atom stereocenters. The number of amides is 2. The molecule has 1 unspecified atom stereocenters. The Kier molecular flexibility index (Phi) is 5.20. The number of nitrogens with zero attached hydrogens (tertiary/aromatic N) is 2. The minimum atomic E-state index is -2.97. The Bertz CT molecular complexity index is 1380. The van der Waals surface area contributed by atoms with E-state index in [0.717, 1.165) is 16.6 Å². The summed E-state index contributed by atoms with van der Waals surface area (Å²) in [5.74, 6) is -3.25. The summed E-state index contributed by atoms with van der Waals surface area (Å²) < 4.78 is 31.5. The summed E-state index contributed by atoms with van der Waals surface area (Å²) in [6.07, 6.45) is 1.26. The van der Waals surface area contributed by atoms with Gasteiger partial charge >= 0.3 is 0 Å². The first-order valence-electron chi connectivity index (χ1n) is 12.5. The highest BCUT2D eigenvalue weighted by molar-refractivity contribution is 6.10. The number of fused-ring (bicyclic) bond motifs is 1. The van der Waals surface area contributed by atoms with E-state index in [0.29, 0.717) is 36.9 Å². The SMILES string of the molecule is CNC(=O)CC1(C)C(=O)N(C2CCN([C@@H]3c4cccc5cccc(c45)C3(F)F)CC2)c2ccccc21. The highest BCUT2D eigenvalue weighted by Gasteiger charge is 2.54. The van der Waals surface area contributed by atoms with Crippen molar-refractivity contribution in [2.24, 2.45) is 0 Å². The summed E-state index contributed by atoms with van der Waals surface area (Å²) in [4.78, 5) is 29.8. The Morgan fingerprint density at radius 1 is 1.00 bits per heavy atom. The van der Waals surface area contributed by atoms with Gasteiger partial charge in [-0.15, -0.1) is 0 Å². The Morgan fingerprint density at radius 2 is 1.67 bits per heavy atom. The van der Waals surface area contributed by atoms with Gasteiger partial charge in [-0.25, -0.2) is 0 Å². The Morgan fingerprint density at radius 3 is 2.39 bits per heavy atom. The van der Waals surface area contributed by atoms with Gasteiger partial charge in [0.15, 0.2) is 0 Å². The van der Waals surface area contributed by atoms with Gasteiger partial charge in [-0.1, -0.05) is 54.6 Å². The number of hydrogen-bond acceptors (Lipinski definition) is 3. The molecule has 3 aromatic carbocycles. The third-order valence-electron chi connectivity index (χ3n) is 8.41. The van der Waals surface area contributed by atoms with Gasteiger partial charge in [0.2, 0.25) is 11.8 Å². The van der Waals surface area contributed by atoms with Crippen LogP contribution in [0.5, 0.6) is 0 Å². The molecule has 3 aliphatic rings. The topological polar surface area (TPSA) is 52.7 Å². The lowest BCUT2D eigenvalue weighted by Gasteiger charge is -2.41. The minimum Gasteiger partial charge on any atom is -0.359 e. The number of piperidine rings is 1. The quantitative estimate of drug-likeness (QED) is 0.568. The second kappa shape index (κ2) is 8.10. The van der Waals surface area contributed by atoms with E-state index < -0.39 is 17.4 Å². The van der Waals surface area contributed by atoms with E-state index >= 15 is 8.78 Å². The van der Waals surface area contributed by atoms with Crippen LogP contribution in [0.4, 0.5) is 14.5 Å². The normalized spacial score (nSPS) is 25.4. The standard InChI is InChI=1S/C29H29F2N3O2/c1-28(17-24(35)32-2)21-10-3-4-12-23(21)34(27(28)36)19-13-15-33(16-14-19)26-20-9-5-7-18-8-6-11-22(25(18)20)29(26,30)31/h3-12,19,26H,13-17H2,1-2H3,(H,32,35)/t26-,28?/m1/s1. The maximum Gasteiger partial charge on any atom is 0.293 e. The van der Waals surface area contributed by atoms with Crippen LogP contribution in [-0.2, 0) is 20.9 Å². The number of carbonyl (C=O) groups excluding carboxylic acids is 2. The Labute approximate surface area is 209 Å². The summed E-state index contributed by atoms with van der Waals surface area (Å²) in [5.41, 5.74) is 1.54. The highest BCUT2D eigenvalue weighted by atomic mass is 19.3. The number of benzene rings is 3. The fourth-order valence-electron chi connectivity index (χ4n) is 6.63. The molecule has 0 aromatic heterocycles. The van der Waals surface area contributed by atoms with Crippen LogP contribution in [0.15, 0.2) is 60.7 Å². The lowest BCUT2D eigenvalue weighted by atomic mass is 9.80. The number of rotatable bonds is 4. The van der Waals surface area contributed by atoms with E-state index in [1.54, 1.807) is 19.2 Å². The molecule has 2 heterocycles. The molecule has 2 amide bonds. The van der Waals surface area contributed by atoms with E-state index in [-0.39, 0.29) is 29.8 Å². The van der Waals surface area contributed by atoms with Crippen molar-refractivity contribution in [2.75, 3.05) is 25.0 Å². The molecule has 1 saturated heterocycles. The second-order valence-corrected chi connectivity index (χ2v) is 10.4. The van der Waals surface area contributed by atoms with E-state index in [1.807, 2.05) is 65.3 Å². The lowest BCUT2D eigenvalue weighted by Crippen LogP contribution is -2.51. The van der Waals surface area contributed by atoms with Gasteiger partial charge in [0.1, 0.15) is 6.04 Å². The molecule has 1 N–H and O–H groups in total. The molecule has 0 radical (unpaired) electrons. The molecule has 0 bridgehead atoms. The van der Waals surface area contributed by atoms with Crippen molar-refractivity contribution in [3.63, 3.8) is 0 Å². The van der Waals surface area contributed by atoms with E-state index in [9.17, 15) is 9.59 Å². The predicted molar refractivity (Wildman–Crippen MR) is 135 cm³/mol. The van der Waals surface area contributed by atoms with Gasteiger partial charge in [-0.3, -0.25) is 14.5 Å². The van der Waals surface area contributed by atoms with Gasteiger partial charge in [0, 0.05) is 43.9 Å². The van der Waals surface area contributed by atoms with E-state index in [4.69, 9.17) is 0 Å².